The molecule has 0 saturated carbocycles. The number of nitrogens with one attached hydrogen (secondary N) is 1. The van der Waals surface area contributed by atoms with Crippen LogP contribution in [-0.2, 0) is 23.1 Å². The number of H-pyrrole nitrogens is 1. The van der Waals surface area contributed by atoms with Crippen molar-refractivity contribution in [3.63, 3.8) is 0 Å². The number of rotatable bonds is 2. The van der Waals surface area contributed by atoms with E-state index < -0.39 is 5.92 Å². The molecule has 0 radical (unpaired) electrons. The largest absolute Gasteiger partial charge is 0.378 e. The molecule has 1 saturated heterocycles. The van der Waals surface area contributed by atoms with Crippen molar-refractivity contribution < 1.29 is 18.7 Å². The van der Waals surface area contributed by atoms with E-state index in [2.05, 4.69) is 10.1 Å². The third-order valence-corrected chi connectivity index (χ3v) is 5.75. The van der Waals surface area contributed by atoms with Crippen molar-refractivity contribution >= 4 is 22.7 Å². The lowest BCUT2D eigenvalue weighted by Gasteiger charge is -2.35. The zero-order chi connectivity index (χ0) is 20.8. The van der Waals surface area contributed by atoms with Gasteiger partial charge in [0.25, 0.3) is 5.91 Å². The minimum Gasteiger partial charge on any atom is -0.378 e. The molecule has 1 N–H and O–H groups in total. The van der Waals surface area contributed by atoms with Gasteiger partial charge in [-0.3, -0.25) is 14.3 Å². The van der Waals surface area contributed by atoms with Crippen LogP contribution in [0.3, 0.4) is 0 Å². The molecule has 0 unspecified atom stereocenters. The Morgan fingerprint density at radius 1 is 1.20 bits per heavy atom. The molecule has 1 fully saturated rings. The number of amides is 2. The van der Waals surface area contributed by atoms with Gasteiger partial charge in [-0.1, -0.05) is 0 Å². The van der Waals surface area contributed by atoms with Crippen molar-refractivity contribution in [3.05, 3.63) is 53.2 Å². The van der Waals surface area contributed by atoms with Crippen molar-refractivity contribution in [2.75, 3.05) is 32.8 Å². The Kier molecular flexibility index (Phi) is 4.54. The highest BCUT2D eigenvalue weighted by Crippen LogP contribution is 2.30. The van der Waals surface area contributed by atoms with Gasteiger partial charge in [-0.25, -0.2) is 4.39 Å². The molecule has 2 aromatic heterocycles. The van der Waals surface area contributed by atoms with Gasteiger partial charge < -0.3 is 19.5 Å². The van der Waals surface area contributed by atoms with Crippen LogP contribution in [0.4, 0.5) is 4.39 Å². The highest BCUT2D eigenvalue weighted by Gasteiger charge is 2.38. The van der Waals surface area contributed by atoms with Crippen LogP contribution in [0.15, 0.2) is 30.5 Å². The molecule has 1 aromatic carbocycles. The molecule has 156 valence electrons. The van der Waals surface area contributed by atoms with E-state index in [9.17, 15) is 14.0 Å². The number of fused-ring (bicyclic) bond motifs is 2. The Morgan fingerprint density at radius 3 is 2.80 bits per heavy atom. The summed E-state index contributed by atoms with van der Waals surface area (Å²) >= 11 is 0. The number of hydrogen-bond donors (Lipinski definition) is 1. The third-order valence-electron chi connectivity index (χ3n) is 5.75. The summed E-state index contributed by atoms with van der Waals surface area (Å²) in [5, 5.41) is 5.15. The molecule has 3 aromatic rings. The van der Waals surface area contributed by atoms with Crippen LogP contribution < -0.4 is 0 Å². The van der Waals surface area contributed by atoms with Crippen LogP contribution in [0, 0.1) is 5.82 Å². The third kappa shape index (κ3) is 3.24. The normalized spacial score (nSPS) is 19.2. The van der Waals surface area contributed by atoms with Crippen LogP contribution in [-0.4, -0.2) is 69.2 Å². The van der Waals surface area contributed by atoms with E-state index in [4.69, 9.17) is 4.74 Å². The first kappa shape index (κ1) is 18.8. The lowest BCUT2D eigenvalue weighted by molar-refractivity contribution is -0.137. The highest BCUT2D eigenvalue weighted by molar-refractivity contribution is 5.98. The van der Waals surface area contributed by atoms with Gasteiger partial charge in [-0.05, 0) is 24.3 Å². The summed E-state index contributed by atoms with van der Waals surface area (Å²) in [5.41, 5.74) is 2.67. The Balaban J connectivity index is 1.45. The molecule has 1 atom stereocenters. The number of hydrogen-bond acceptors (Lipinski definition) is 4. The van der Waals surface area contributed by atoms with Gasteiger partial charge in [0.2, 0.25) is 5.91 Å². The number of halogens is 1. The van der Waals surface area contributed by atoms with E-state index in [-0.39, 0.29) is 24.2 Å². The molecular formula is C21H22FN5O3. The van der Waals surface area contributed by atoms with Crippen LogP contribution in [0.1, 0.15) is 27.7 Å². The zero-order valence-electron chi connectivity index (χ0n) is 16.6. The fourth-order valence-corrected chi connectivity index (χ4v) is 4.29. The lowest BCUT2D eigenvalue weighted by atomic mass is 9.94. The SMILES string of the molecule is Cn1cc2c(n1)[C@@H](C(=O)N1CCOCC1)CN(C(=O)c1cc3cc(F)ccc3[nH]1)C2. The van der Waals surface area contributed by atoms with Gasteiger partial charge in [0.1, 0.15) is 17.4 Å². The summed E-state index contributed by atoms with van der Waals surface area (Å²) in [4.78, 5) is 33.0. The molecule has 2 amide bonds. The first-order chi connectivity index (χ1) is 14.5. The van der Waals surface area contributed by atoms with E-state index in [1.54, 1.807) is 26.6 Å². The van der Waals surface area contributed by atoms with E-state index in [0.717, 1.165) is 11.3 Å². The predicted octanol–water partition coefficient (Wildman–Crippen LogP) is 1.64. The number of morpholine rings is 1. The molecule has 5 rings (SSSR count). The Labute approximate surface area is 172 Å². The number of benzene rings is 1. The molecule has 9 heteroatoms. The molecule has 30 heavy (non-hydrogen) atoms. The lowest BCUT2D eigenvalue weighted by Crippen LogP contribution is -2.48. The summed E-state index contributed by atoms with van der Waals surface area (Å²) in [5.74, 6) is -1.12. The van der Waals surface area contributed by atoms with E-state index >= 15 is 0 Å². The average molecular weight is 411 g/mol. The van der Waals surface area contributed by atoms with Gasteiger partial charge >= 0.3 is 0 Å². The fraction of sp³-hybridized carbons (Fsp3) is 0.381. The summed E-state index contributed by atoms with van der Waals surface area (Å²) in [6.45, 7) is 2.74. The van der Waals surface area contributed by atoms with Crippen LogP contribution >= 0.6 is 0 Å². The quantitative estimate of drug-likeness (QED) is 0.695. The van der Waals surface area contributed by atoms with Crippen LogP contribution in [0.5, 0.6) is 0 Å². The smallest absolute Gasteiger partial charge is 0.270 e. The summed E-state index contributed by atoms with van der Waals surface area (Å²) in [6, 6.07) is 6.01. The average Bonchev–Trinajstić information content (AvgIpc) is 3.34. The number of aromatic nitrogens is 3. The van der Waals surface area contributed by atoms with E-state index in [1.165, 1.54) is 12.1 Å². The zero-order valence-corrected chi connectivity index (χ0v) is 16.6. The molecule has 0 bridgehead atoms. The van der Waals surface area contributed by atoms with E-state index in [0.29, 0.717) is 49.4 Å². The minimum absolute atomic E-state index is 0.0329. The number of nitrogens with zero attached hydrogens (tertiary/aromatic N) is 4. The van der Waals surface area contributed by atoms with Crippen molar-refractivity contribution in [2.24, 2.45) is 7.05 Å². The second-order valence-corrected chi connectivity index (χ2v) is 7.80. The van der Waals surface area contributed by atoms with Gasteiger partial charge in [0.05, 0.1) is 18.9 Å². The maximum Gasteiger partial charge on any atom is 0.270 e. The molecule has 2 aliphatic rings. The highest BCUT2D eigenvalue weighted by atomic mass is 19.1. The number of carbonyl (C=O) groups is 2. The van der Waals surface area contributed by atoms with Gasteiger partial charge in [-0.2, -0.15) is 5.10 Å². The topological polar surface area (TPSA) is 83.5 Å². The van der Waals surface area contributed by atoms with Gasteiger partial charge in [-0.15, -0.1) is 0 Å². The summed E-state index contributed by atoms with van der Waals surface area (Å²) in [7, 11) is 1.81. The second kappa shape index (κ2) is 7.24. The van der Waals surface area contributed by atoms with Crippen molar-refractivity contribution in [1.29, 1.82) is 0 Å². The van der Waals surface area contributed by atoms with Crippen molar-refractivity contribution in [1.82, 2.24) is 24.6 Å². The fourth-order valence-electron chi connectivity index (χ4n) is 4.29. The predicted molar refractivity (Wildman–Crippen MR) is 106 cm³/mol. The molecule has 0 spiro atoms. The molecule has 4 heterocycles. The minimum atomic E-state index is -0.515. The first-order valence-electron chi connectivity index (χ1n) is 9.96. The summed E-state index contributed by atoms with van der Waals surface area (Å²) in [6.07, 6.45) is 1.86. The first-order valence-corrected chi connectivity index (χ1v) is 9.96. The van der Waals surface area contributed by atoms with E-state index in [1.807, 2.05) is 13.2 Å². The molecule has 8 nitrogen and oxygen atoms in total. The van der Waals surface area contributed by atoms with Gasteiger partial charge in [0.15, 0.2) is 0 Å². The van der Waals surface area contributed by atoms with Gasteiger partial charge in [0, 0.05) is 55.9 Å². The Morgan fingerprint density at radius 2 is 2.00 bits per heavy atom. The van der Waals surface area contributed by atoms with Crippen LogP contribution in [0.2, 0.25) is 0 Å². The van der Waals surface area contributed by atoms with Crippen LogP contribution in [0.25, 0.3) is 10.9 Å². The molecular weight excluding hydrogens is 389 g/mol. The monoisotopic (exact) mass is 411 g/mol. The number of aromatic amines is 1. The van der Waals surface area contributed by atoms with Crippen molar-refractivity contribution in [2.45, 2.75) is 12.5 Å². The maximum atomic E-state index is 13.5. The summed E-state index contributed by atoms with van der Waals surface area (Å²) < 4.78 is 20.6. The standard InChI is InChI=1S/C21H22FN5O3/c1-25-10-14-11-27(21(29)18-9-13-8-15(22)2-3-17(13)23-18)12-16(19(14)24-25)20(28)26-4-6-30-7-5-26/h2-3,8-10,16,23H,4-7,11-12H2,1H3/t16-/m0/s1. The number of carbonyl (C=O) groups excluding carboxylic acids is 2. The maximum absolute atomic E-state index is 13.5. The molecule has 0 aliphatic carbocycles. The Hall–Kier alpha value is -3.20. The Bertz CT molecular complexity index is 1130. The number of ether oxygens (including phenoxy) is 1. The molecule has 2 aliphatic heterocycles. The number of aryl methyl sites for hydroxylation is 1. The second-order valence-electron chi connectivity index (χ2n) is 7.80. The van der Waals surface area contributed by atoms with Crippen molar-refractivity contribution in [3.8, 4) is 0 Å².